The second kappa shape index (κ2) is 4.77. The van der Waals surface area contributed by atoms with Gasteiger partial charge < -0.3 is 0 Å². The van der Waals surface area contributed by atoms with E-state index in [1.807, 2.05) is 24.3 Å². The van der Waals surface area contributed by atoms with Gasteiger partial charge in [-0.25, -0.2) is 0 Å². The average Bonchev–Trinajstić information content (AvgIpc) is 2.16. The zero-order chi connectivity index (χ0) is 9.68. The molecule has 0 aliphatic carbocycles. The molecule has 0 unspecified atom stereocenters. The molecule has 13 heavy (non-hydrogen) atoms. The molecule has 0 spiro atoms. The molecule has 0 saturated carbocycles. The van der Waals surface area contributed by atoms with E-state index in [2.05, 4.69) is 22.5 Å². The molecule has 0 saturated heterocycles. The third-order valence-corrected chi connectivity index (χ3v) is 2.04. The van der Waals surface area contributed by atoms with Crippen LogP contribution in [0.5, 0.6) is 0 Å². The van der Waals surface area contributed by atoms with Gasteiger partial charge in [0.25, 0.3) is 0 Å². The van der Waals surface area contributed by atoms with Gasteiger partial charge in [-0.1, -0.05) is 40.7 Å². The van der Waals surface area contributed by atoms with Gasteiger partial charge in [-0.2, -0.15) is 0 Å². The minimum Gasteiger partial charge on any atom is -0.290 e. The normalized spacial score (nSPS) is 10.2. The lowest BCUT2D eigenvalue weighted by atomic mass is 10.2. The largest absolute Gasteiger partial charge is 0.290 e. The highest BCUT2D eigenvalue weighted by Crippen LogP contribution is 2.11. The Morgan fingerprint density at radius 3 is 2.46 bits per heavy atom. The summed E-state index contributed by atoms with van der Waals surface area (Å²) in [6, 6.07) is 7.71. The Morgan fingerprint density at radius 2 is 1.92 bits per heavy atom. The van der Waals surface area contributed by atoms with Crippen molar-refractivity contribution in [3.05, 3.63) is 53.0 Å². The Bertz CT molecular complexity index is 336. The molecule has 66 valence electrons. The molecule has 0 atom stereocenters. The van der Waals surface area contributed by atoms with E-state index < -0.39 is 0 Å². The average molecular weight is 237 g/mol. The van der Waals surface area contributed by atoms with Gasteiger partial charge in [-0.05, 0) is 29.8 Å². The first-order chi connectivity index (χ1) is 6.22. The zero-order valence-corrected chi connectivity index (χ0v) is 8.62. The molecule has 0 aliphatic heterocycles. The van der Waals surface area contributed by atoms with Crippen molar-refractivity contribution in [3.63, 3.8) is 0 Å². The molecule has 0 bridgehead atoms. The van der Waals surface area contributed by atoms with Gasteiger partial charge in [0.2, 0.25) is 0 Å². The number of hydrogen-bond acceptors (Lipinski definition) is 1. The van der Waals surface area contributed by atoms with Crippen molar-refractivity contribution >= 4 is 27.8 Å². The van der Waals surface area contributed by atoms with Crippen LogP contribution in [0.25, 0.3) is 6.08 Å². The van der Waals surface area contributed by atoms with E-state index in [1.165, 1.54) is 12.2 Å². The highest BCUT2D eigenvalue weighted by Gasteiger charge is 1.89. The molecule has 1 aromatic carbocycles. The standard InChI is InChI=1S/C11H9BrO/c1-2-11(13)8-5-9-3-6-10(12)7-4-9/h2-8H,1H2/b8-5+. The first-order valence-electron chi connectivity index (χ1n) is 3.82. The molecule has 0 aliphatic rings. The molecular formula is C11H9BrO. The van der Waals surface area contributed by atoms with Gasteiger partial charge in [0.05, 0.1) is 0 Å². The molecular weight excluding hydrogens is 228 g/mol. The van der Waals surface area contributed by atoms with Crippen molar-refractivity contribution in [1.29, 1.82) is 0 Å². The van der Waals surface area contributed by atoms with Crippen LogP contribution < -0.4 is 0 Å². The predicted molar refractivity (Wildman–Crippen MR) is 58.4 cm³/mol. The van der Waals surface area contributed by atoms with E-state index in [1.54, 1.807) is 6.08 Å². The van der Waals surface area contributed by atoms with E-state index >= 15 is 0 Å². The fourth-order valence-corrected chi connectivity index (χ4v) is 1.08. The van der Waals surface area contributed by atoms with Crippen molar-refractivity contribution in [2.75, 3.05) is 0 Å². The quantitative estimate of drug-likeness (QED) is 0.737. The highest BCUT2D eigenvalue weighted by atomic mass is 79.9. The second-order valence-electron chi connectivity index (χ2n) is 2.49. The summed E-state index contributed by atoms with van der Waals surface area (Å²) in [6.45, 7) is 3.38. The summed E-state index contributed by atoms with van der Waals surface area (Å²) >= 11 is 3.33. The molecule has 0 N–H and O–H groups in total. The van der Waals surface area contributed by atoms with Crippen LogP contribution in [0.1, 0.15) is 5.56 Å². The molecule has 1 aromatic rings. The fourth-order valence-electron chi connectivity index (χ4n) is 0.820. The molecule has 1 rings (SSSR count). The summed E-state index contributed by atoms with van der Waals surface area (Å²) in [4.78, 5) is 10.8. The summed E-state index contributed by atoms with van der Waals surface area (Å²) in [5.41, 5.74) is 0.999. The van der Waals surface area contributed by atoms with Gasteiger partial charge in [0.15, 0.2) is 5.78 Å². The maximum absolute atomic E-state index is 10.8. The van der Waals surface area contributed by atoms with Crippen molar-refractivity contribution in [2.24, 2.45) is 0 Å². The monoisotopic (exact) mass is 236 g/mol. The summed E-state index contributed by atoms with van der Waals surface area (Å²) in [6.07, 6.45) is 4.54. The van der Waals surface area contributed by atoms with Crippen molar-refractivity contribution in [3.8, 4) is 0 Å². The first-order valence-corrected chi connectivity index (χ1v) is 4.62. The number of carbonyl (C=O) groups is 1. The van der Waals surface area contributed by atoms with Crippen LogP contribution in [0.4, 0.5) is 0 Å². The molecule has 2 heteroatoms. The summed E-state index contributed by atoms with van der Waals surface area (Å²) < 4.78 is 1.03. The lowest BCUT2D eigenvalue weighted by molar-refractivity contribution is -0.110. The smallest absolute Gasteiger partial charge is 0.178 e. The zero-order valence-electron chi connectivity index (χ0n) is 7.03. The molecule has 0 amide bonds. The van der Waals surface area contributed by atoms with Crippen molar-refractivity contribution in [2.45, 2.75) is 0 Å². The van der Waals surface area contributed by atoms with Gasteiger partial charge in [-0.15, -0.1) is 0 Å². The maximum atomic E-state index is 10.8. The van der Waals surface area contributed by atoms with Crippen LogP contribution in [0.3, 0.4) is 0 Å². The van der Waals surface area contributed by atoms with Crippen molar-refractivity contribution < 1.29 is 4.79 Å². The van der Waals surface area contributed by atoms with Crippen LogP contribution in [0, 0.1) is 0 Å². The van der Waals surface area contributed by atoms with E-state index in [9.17, 15) is 4.79 Å². The SMILES string of the molecule is C=CC(=O)/C=C/c1ccc(Br)cc1. The second-order valence-corrected chi connectivity index (χ2v) is 3.41. The molecule has 0 fully saturated rings. The van der Waals surface area contributed by atoms with Gasteiger partial charge in [0.1, 0.15) is 0 Å². The first kappa shape index (κ1) is 9.93. The Kier molecular flexibility index (Phi) is 3.65. The number of halogens is 1. The molecule has 1 nitrogen and oxygen atoms in total. The molecule has 0 aromatic heterocycles. The summed E-state index contributed by atoms with van der Waals surface area (Å²) in [7, 11) is 0. The number of carbonyl (C=O) groups excluding carboxylic acids is 1. The van der Waals surface area contributed by atoms with Gasteiger partial charge >= 0.3 is 0 Å². The van der Waals surface area contributed by atoms with Crippen LogP contribution in [0.15, 0.2) is 47.5 Å². The Labute approximate surface area is 85.9 Å². The van der Waals surface area contributed by atoms with Crippen LogP contribution >= 0.6 is 15.9 Å². The topological polar surface area (TPSA) is 17.1 Å². The number of rotatable bonds is 3. The van der Waals surface area contributed by atoms with Crippen LogP contribution in [-0.4, -0.2) is 5.78 Å². The van der Waals surface area contributed by atoms with Crippen LogP contribution in [0.2, 0.25) is 0 Å². The van der Waals surface area contributed by atoms with E-state index in [0.29, 0.717) is 0 Å². The Balaban J connectivity index is 2.74. The fraction of sp³-hybridized carbons (Fsp3) is 0. The van der Waals surface area contributed by atoms with E-state index in [-0.39, 0.29) is 5.78 Å². The predicted octanol–water partition coefficient (Wildman–Crippen LogP) is 3.22. The van der Waals surface area contributed by atoms with E-state index in [4.69, 9.17) is 0 Å². The number of allylic oxidation sites excluding steroid dienone is 2. The maximum Gasteiger partial charge on any atom is 0.178 e. The van der Waals surface area contributed by atoms with Gasteiger partial charge in [-0.3, -0.25) is 4.79 Å². The number of benzene rings is 1. The summed E-state index contributed by atoms with van der Waals surface area (Å²) in [5.74, 6) is -0.0806. The van der Waals surface area contributed by atoms with Gasteiger partial charge in [0, 0.05) is 4.47 Å². The molecule has 0 radical (unpaired) electrons. The third-order valence-electron chi connectivity index (χ3n) is 1.51. The Morgan fingerprint density at radius 1 is 1.31 bits per heavy atom. The van der Waals surface area contributed by atoms with E-state index in [0.717, 1.165) is 10.0 Å². The van der Waals surface area contributed by atoms with Crippen LogP contribution in [-0.2, 0) is 4.79 Å². The van der Waals surface area contributed by atoms with Crippen molar-refractivity contribution in [1.82, 2.24) is 0 Å². The molecule has 0 heterocycles. The Hall–Kier alpha value is -1.15. The minimum absolute atomic E-state index is 0.0806. The third kappa shape index (κ3) is 3.38. The summed E-state index contributed by atoms with van der Waals surface area (Å²) in [5, 5.41) is 0. The lowest BCUT2D eigenvalue weighted by Crippen LogP contribution is -1.82. The number of hydrogen-bond donors (Lipinski definition) is 0. The lowest BCUT2D eigenvalue weighted by Gasteiger charge is -1.92. The number of ketones is 1. The highest BCUT2D eigenvalue weighted by molar-refractivity contribution is 9.10. The minimum atomic E-state index is -0.0806.